The fourth-order valence-corrected chi connectivity index (χ4v) is 1.47. The molecule has 0 atom stereocenters. The van der Waals surface area contributed by atoms with Crippen molar-refractivity contribution in [3.8, 4) is 11.3 Å². The van der Waals surface area contributed by atoms with Gasteiger partial charge in [0, 0.05) is 27.3 Å². The molecule has 0 spiro atoms. The van der Waals surface area contributed by atoms with Crippen molar-refractivity contribution in [1.29, 1.82) is 0 Å². The van der Waals surface area contributed by atoms with Gasteiger partial charge in [0.2, 0.25) is 0 Å². The van der Waals surface area contributed by atoms with Crippen LogP contribution < -0.4 is 0 Å². The van der Waals surface area contributed by atoms with E-state index in [1.165, 1.54) is 0 Å². The zero-order chi connectivity index (χ0) is 9.10. The second kappa shape index (κ2) is 5.43. The van der Waals surface area contributed by atoms with Crippen molar-refractivity contribution in [2.75, 3.05) is 0 Å². The van der Waals surface area contributed by atoms with Crippen LogP contribution in [0.5, 0.6) is 0 Å². The first-order valence-corrected chi connectivity index (χ1v) is 4.74. The number of pyridine rings is 1. The predicted molar refractivity (Wildman–Crippen MR) is 56.2 cm³/mol. The second-order valence-corrected chi connectivity index (χ2v) is 3.55. The molecular formula is C11H7BrNPt-. The molecule has 0 amide bonds. The zero-order valence-corrected chi connectivity index (χ0v) is 11.0. The van der Waals surface area contributed by atoms with E-state index in [9.17, 15) is 0 Å². The number of rotatable bonds is 1. The molecule has 0 unspecified atom stereocenters. The minimum absolute atomic E-state index is 0. The quantitative estimate of drug-likeness (QED) is 0.636. The maximum atomic E-state index is 4.24. The van der Waals surface area contributed by atoms with Gasteiger partial charge in [0.15, 0.2) is 0 Å². The summed E-state index contributed by atoms with van der Waals surface area (Å²) < 4.78 is 1.05. The first-order valence-electron chi connectivity index (χ1n) is 3.95. The van der Waals surface area contributed by atoms with Crippen LogP contribution in [0.4, 0.5) is 0 Å². The second-order valence-electron chi connectivity index (χ2n) is 2.64. The first kappa shape index (κ1) is 11.6. The minimum Gasteiger partial charge on any atom is -0.305 e. The number of nitrogens with zero attached hydrogens (tertiary/aromatic N) is 1. The van der Waals surface area contributed by atoms with Crippen molar-refractivity contribution in [3.63, 3.8) is 0 Å². The molecule has 0 N–H and O–H groups in total. The summed E-state index contributed by atoms with van der Waals surface area (Å²) in [6, 6.07) is 14.8. The Balaban J connectivity index is 0.000000980. The van der Waals surface area contributed by atoms with Gasteiger partial charge in [-0.15, -0.1) is 29.8 Å². The molecule has 3 heteroatoms. The van der Waals surface area contributed by atoms with E-state index < -0.39 is 0 Å². The number of halogens is 1. The fourth-order valence-electron chi connectivity index (χ4n) is 1.11. The maximum Gasteiger partial charge on any atom is 0.0160 e. The number of aromatic nitrogens is 1. The zero-order valence-electron chi connectivity index (χ0n) is 7.18. The van der Waals surface area contributed by atoms with Crippen LogP contribution in [0.15, 0.2) is 47.1 Å². The predicted octanol–water partition coefficient (Wildman–Crippen LogP) is 3.31. The summed E-state index contributed by atoms with van der Waals surface area (Å²) in [5.74, 6) is 0. The van der Waals surface area contributed by atoms with Crippen LogP contribution in [0.3, 0.4) is 0 Å². The number of hydrogen-bond acceptors (Lipinski definition) is 1. The van der Waals surface area contributed by atoms with E-state index >= 15 is 0 Å². The van der Waals surface area contributed by atoms with Gasteiger partial charge in [-0.1, -0.05) is 32.5 Å². The van der Waals surface area contributed by atoms with E-state index in [0.717, 1.165) is 15.7 Å². The fraction of sp³-hybridized carbons (Fsp3) is 0. The summed E-state index contributed by atoms with van der Waals surface area (Å²) in [5, 5.41) is 0. The molecule has 0 saturated heterocycles. The van der Waals surface area contributed by atoms with Crippen LogP contribution in [-0.4, -0.2) is 4.98 Å². The molecule has 0 aliphatic heterocycles. The van der Waals surface area contributed by atoms with E-state index in [1.807, 2.05) is 36.4 Å². The third kappa shape index (κ3) is 2.76. The number of benzene rings is 1. The van der Waals surface area contributed by atoms with E-state index in [-0.39, 0.29) is 21.1 Å². The van der Waals surface area contributed by atoms with Gasteiger partial charge >= 0.3 is 0 Å². The van der Waals surface area contributed by atoms with Crippen LogP contribution in [0.25, 0.3) is 11.3 Å². The summed E-state index contributed by atoms with van der Waals surface area (Å²) in [6.45, 7) is 0. The summed E-state index contributed by atoms with van der Waals surface area (Å²) in [6.07, 6.45) is 1.78. The molecular weight excluding hydrogens is 421 g/mol. The van der Waals surface area contributed by atoms with Gasteiger partial charge in [0.05, 0.1) is 0 Å². The Morgan fingerprint density at radius 2 is 2.07 bits per heavy atom. The van der Waals surface area contributed by atoms with Crippen molar-refractivity contribution in [1.82, 2.24) is 4.98 Å². The summed E-state index contributed by atoms with van der Waals surface area (Å²) in [4.78, 5) is 4.24. The Kier molecular flexibility index (Phi) is 4.50. The molecule has 74 valence electrons. The van der Waals surface area contributed by atoms with Crippen LogP contribution in [0.2, 0.25) is 0 Å². The van der Waals surface area contributed by atoms with E-state index in [0.29, 0.717) is 0 Å². The van der Waals surface area contributed by atoms with Crippen LogP contribution >= 0.6 is 15.9 Å². The monoisotopic (exact) mass is 427 g/mol. The normalized spacial score (nSPS) is 9.21. The van der Waals surface area contributed by atoms with Crippen molar-refractivity contribution in [2.45, 2.75) is 0 Å². The molecule has 0 aliphatic carbocycles. The summed E-state index contributed by atoms with van der Waals surface area (Å²) >= 11 is 3.41. The smallest absolute Gasteiger partial charge is 0.0160 e. The molecule has 1 aromatic carbocycles. The Morgan fingerprint density at radius 1 is 1.21 bits per heavy atom. The van der Waals surface area contributed by atoms with Crippen molar-refractivity contribution in [3.05, 3.63) is 53.1 Å². The molecule has 2 aromatic rings. The SMILES string of the molecule is Brc1cc[c-]c(-c2ccccn2)c1.[Pt]. The first-order chi connectivity index (χ1) is 6.36. The van der Waals surface area contributed by atoms with Gasteiger partial charge in [-0.25, -0.2) is 0 Å². The van der Waals surface area contributed by atoms with Crippen LogP contribution in [0, 0.1) is 6.07 Å². The molecule has 14 heavy (non-hydrogen) atoms. The van der Waals surface area contributed by atoms with Gasteiger partial charge in [-0.05, 0) is 11.8 Å². The third-order valence-corrected chi connectivity index (χ3v) is 2.20. The molecule has 0 fully saturated rings. The maximum absolute atomic E-state index is 4.24. The summed E-state index contributed by atoms with van der Waals surface area (Å²) in [5.41, 5.74) is 1.96. The van der Waals surface area contributed by atoms with Crippen LogP contribution in [0.1, 0.15) is 0 Å². The molecule has 1 aromatic heterocycles. The molecule has 2 rings (SSSR count). The Bertz CT molecular complexity index is 403. The molecule has 0 bridgehead atoms. The molecule has 0 aliphatic rings. The van der Waals surface area contributed by atoms with Crippen LogP contribution in [-0.2, 0) is 21.1 Å². The van der Waals surface area contributed by atoms with Gasteiger partial charge < -0.3 is 4.98 Å². The Hall–Kier alpha value is -0.462. The van der Waals surface area contributed by atoms with Crippen molar-refractivity contribution in [2.24, 2.45) is 0 Å². The molecule has 1 nitrogen and oxygen atoms in total. The topological polar surface area (TPSA) is 12.9 Å². The standard InChI is InChI=1S/C11H7BrN.Pt/c12-10-5-3-4-9(8-10)11-6-1-2-7-13-11;/h1-3,5-8H;/q-1;. The molecule has 0 saturated carbocycles. The largest absolute Gasteiger partial charge is 0.305 e. The van der Waals surface area contributed by atoms with Gasteiger partial charge in [-0.3, -0.25) is 0 Å². The Labute approximate surface area is 106 Å². The van der Waals surface area contributed by atoms with Crippen molar-refractivity contribution >= 4 is 15.9 Å². The van der Waals surface area contributed by atoms with E-state index in [4.69, 9.17) is 0 Å². The number of hydrogen-bond donors (Lipinski definition) is 0. The minimum atomic E-state index is 0. The average molecular weight is 428 g/mol. The van der Waals surface area contributed by atoms with Gasteiger partial charge in [0.25, 0.3) is 0 Å². The van der Waals surface area contributed by atoms with E-state index in [2.05, 4.69) is 27.0 Å². The average Bonchev–Trinajstić information content (AvgIpc) is 2.19. The summed E-state index contributed by atoms with van der Waals surface area (Å²) in [7, 11) is 0. The molecule has 1 heterocycles. The third-order valence-electron chi connectivity index (χ3n) is 1.70. The van der Waals surface area contributed by atoms with Gasteiger partial charge in [0.1, 0.15) is 0 Å². The van der Waals surface area contributed by atoms with Crippen molar-refractivity contribution < 1.29 is 21.1 Å². The Morgan fingerprint density at radius 3 is 2.71 bits per heavy atom. The van der Waals surface area contributed by atoms with E-state index in [1.54, 1.807) is 6.20 Å². The van der Waals surface area contributed by atoms with Gasteiger partial charge in [-0.2, -0.15) is 0 Å². The molecule has 0 radical (unpaired) electrons.